The Bertz CT molecular complexity index is 572. The molecule has 21 heavy (non-hydrogen) atoms. The number of hydrogen-bond acceptors (Lipinski definition) is 5. The van der Waals surface area contributed by atoms with Crippen molar-refractivity contribution in [3.8, 4) is 5.75 Å². The lowest BCUT2D eigenvalue weighted by atomic mass is 10.2. The van der Waals surface area contributed by atoms with Gasteiger partial charge < -0.3 is 9.47 Å². The van der Waals surface area contributed by atoms with E-state index in [1.54, 1.807) is 18.2 Å². The third-order valence-corrected chi connectivity index (χ3v) is 3.40. The molecule has 1 aromatic rings. The molecule has 0 amide bonds. The molecule has 0 bridgehead atoms. The van der Waals surface area contributed by atoms with Crippen molar-refractivity contribution in [3.05, 3.63) is 24.3 Å². The summed E-state index contributed by atoms with van der Waals surface area (Å²) in [6.07, 6.45) is 0. The Morgan fingerprint density at radius 3 is 2.67 bits per heavy atom. The van der Waals surface area contributed by atoms with Gasteiger partial charge in [-0.05, 0) is 18.1 Å². The van der Waals surface area contributed by atoms with Crippen LogP contribution in [0.5, 0.6) is 5.75 Å². The first-order valence-corrected chi connectivity index (χ1v) is 7.88. The predicted octanol–water partition coefficient (Wildman–Crippen LogP) is 1.14. The van der Waals surface area contributed by atoms with Gasteiger partial charge in [-0.3, -0.25) is 4.72 Å². The molecule has 0 radical (unpaired) electrons. The van der Waals surface area contributed by atoms with Crippen LogP contribution in [0.2, 0.25) is 0 Å². The Morgan fingerprint density at radius 1 is 1.33 bits per heavy atom. The monoisotopic (exact) mass is 316 g/mol. The Labute approximate surface area is 124 Å². The highest BCUT2D eigenvalue weighted by Crippen LogP contribution is 2.18. The minimum Gasteiger partial charge on any atom is -0.482 e. The lowest BCUT2D eigenvalue weighted by molar-refractivity contribution is -0.142. The maximum Gasteiger partial charge on any atom is 0.343 e. The van der Waals surface area contributed by atoms with Crippen LogP contribution in [0, 0.1) is 5.92 Å². The summed E-state index contributed by atoms with van der Waals surface area (Å²) in [6, 6.07) is 6.30. The Morgan fingerprint density at radius 2 is 2.05 bits per heavy atom. The lowest BCUT2D eigenvalue weighted by Gasteiger charge is -2.12. The van der Waals surface area contributed by atoms with Crippen molar-refractivity contribution >= 4 is 21.9 Å². The summed E-state index contributed by atoms with van der Waals surface area (Å²) in [5.74, 6) is 0.0559. The molecule has 0 unspecified atom stereocenters. The van der Waals surface area contributed by atoms with Crippen molar-refractivity contribution in [1.29, 1.82) is 0 Å². The molecule has 7 nitrogen and oxygen atoms in total. The normalized spacial score (nSPS) is 11.2. The van der Waals surface area contributed by atoms with E-state index in [0.29, 0.717) is 18.0 Å². The van der Waals surface area contributed by atoms with E-state index in [1.807, 2.05) is 13.8 Å². The Hall–Kier alpha value is -1.80. The molecule has 0 aliphatic heterocycles. The number of ether oxygens (including phenoxy) is 2. The number of carbonyl (C=O) groups excluding carboxylic acids is 1. The fourth-order valence-electron chi connectivity index (χ4n) is 1.32. The molecular weight excluding hydrogens is 296 g/mol. The summed E-state index contributed by atoms with van der Waals surface area (Å²) in [5, 5.41) is 0. The minimum absolute atomic E-state index is 0.205. The van der Waals surface area contributed by atoms with Crippen LogP contribution in [-0.4, -0.2) is 34.6 Å². The molecule has 0 atom stereocenters. The first-order chi connectivity index (χ1) is 9.82. The van der Waals surface area contributed by atoms with Gasteiger partial charge in [0, 0.05) is 12.6 Å². The number of benzene rings is 1. The van der Waals surface area contributed by atoms with Gasteiger partial charge in [0.25, 0.3) is 10.2 Å². The maximum atomic E-state index is 11.8. The quantitative estimate of drug-likeness (QED) is 0.702. The minimum atomic E-state index is -3.63. The summed E-state index contributed by atoms with van der Waals surface area (Å²) in [6.45, 7) is 3.92. The number of nitrogens with one attached hydrogen (secondary N) is 2. The maximum absolute atomic E-state index is 11.8. The topological polar surface area (TPSA) is 93.7 Å². The van der Waals surface area contributed by atoms with Crippen LogP contribution in [0.3, 0.4) is 0 Å². The number of anilines is 1. The summed E-state index contributed by atoms with van der Waals surface area (Å²) in [7, 11) is -2.37. The zero-order valence-electron chi connectivity index (χ0n) is 12.3. The van der Waals surface area contributed by atoms with Crippen molar-refractivity contribution in [2.24, 2.45) is 5.92 Å². The summed E-state index contributed by atoms with van der Waals surface area (Å²) in [4.78, 5) is 11.0. The molecule has 0 spiro atoms. The van der Waals surface area contributed by atoms with Crippen LogP contribution in [0.4, 0.5) is 5.69 Å². The zero-order chi connectivity index (χ0) is 15.9. The average molecular weight is 316 g/mol. The van der Waals surface area contributed by atoms with Crippen LogP contribution in [0.15, 0.2) is 24.3 Å². The van der Waals surface area contributed by atoms with E-state index in [4.69, 9.17) is 4.74 Å². The molecule has 118 valence electrons. The van der Waals surface area contributed by atoms with Gasteiger partial charge in [-0.15, -0.1) is 0 Å². The molecule has 0 saturated carbocycles. The van der Waals surface area contributed by atoms with Crippen LogP contribution >= 0.6 is 0 Å². The number of esters is 1. The zero-order valence-corrected chi connectivity index (χ0v) is 13.1. The second-order valence-corrected chi connectivity index (χ2v) is 6.24. The Balaban J connectivity index is 2.65. The van der Waals surface area contributed by atoms with Gasteiger partial charge in [-0.1, -0.05) is 19.9 Å². The van der Waals surface area contributed by atoms with Gasteiger partial charge in [-0.2, -0.15) is 13.1 Å². The van der Waals surface area contributed by atoms with Crippen LogP contribution in [0.25, 0.3) is 0 Å². The smallest absolute Gasteiger partial charge is 0.343 e. The average Bonchev–Trinajstić information content (AvgIpc) is 2.42. The first-order valence-electron chi connectivity index (χ1n) is 6.39. The standard InChI is InChI=1S/C13H20N2O5S/c1-10(2)8-14-21(17,18)15-11-5-4-6-12(7-11)20-9-13(16)19-3/h4-7,10,14-15H,8-9H2,1-3H3. The molecule has 0 aliphatic rings. The summed E-state index contributed by atoms with van der Waals surface area (Å²) in [5.41, 5.74) is 0.341. The van der Waals surface area contributed by atoms with Crippen molar-refractivity contribution in [2.75, 3.05) is 25.0 Å². The van der Waals surface area contributed by atoms with Crippen molar-refractivity contribution < 1.29 is 22.7 Å². The molecule has 0 aromatic heterocycles. The molecule has 1 aromatic carbocycles. The number of hydrogen-bond donors (Lipinski definition) is 2. The molecule has 0 fully saturated rings. The van der Waals surface area contributed by atoms with Gasteiger partial charge >= 0.3 is 5.97 Å². The molecule has 0 saturated heterocycles. The number of rotatable bonds is 8. The van der Waals surface area contributed by atoms with E-state index >= 15 is 0 Å². The van der Waals surface area contributed by atoms with Crippen LogP contribution in [0.1, 0.15) is 13.8 Å². The highest BCUT2D eigenvalue weighted by atomic mass is 32.2. The van der Waals surface area contributed by atoms with Gasteiger partial charge in [0.15, 0.2) is 6.61 Å². The first kappa shape index (κ1) is 17.3. The van der Waals surface area contributed by atoms with Gasteiger partial charge in [0.2, 0.25) is 0 Å². The fraction of sp³-hybridized carbons (Fsp3) is 0.462. The van der Waals surface area contributed by atoms with Crippen molar-refractivity contribution in [2.45, 2.75) is 13.8 Å². The molecule has 1 rings (SSSR count). The van der Waals surface area contributed by atoms with Crippen LogP contribution in [-0.2, 0) is 19.7 Å². The van der Waals surface area contributed by atoms with Gasteiger partial charge in [0.05, 0.1) is 12.8 Å². The highest BCUT2D eigenvalue weighted by Gasteiger charge is 2.11. The van der Waals surface area contributed by atoms with E-state index in [2.05, 4.69) is 14.2 Å². The highest BCUT2D eigenvalue weighted by molar-refractivity contribution is 7.90. The molecule has 0 heterocycles. The molecule has 2 N–H and O–H groups in total. The second-order valence-electron chi connectivity index (χ2n) is 4.74. The SMILES string of the molecule is COC(=O)COc1cccc(NS(=O)(=O)NCC(C)C)c1. The second kappa shape index (κ2) is 7.84. The fourth-order valence-corrected chi connectivity index (χ4v) is 2.38. The van der Waals surface area contributed by atoms with Crippen LogP contribution < -0.4 is 14.2 Å². The lowest BCUT2D eigenvalue weighted by Crippen LogP contribution is -2.32. The Kier molecular flexibility index (Phi) is 6.44. The largest absolute Gasteiger partial charge is 0.482 e. The van der Waals surface area contributed by atoms with Gasteiger partial charge in [-0.25, -0.2) is 4.79 Å². The van der Waals surface area contributed by atoms with Gasteiger partial charge in [0.1, 0.15) is 5.75 Å². The van der Waals surface area contributed by atoms with E-state index in [0.717, 1.165) is 0 Å². The predicted molar refractivity (Wildman–Crippen MR) is 79.3 cm³/mol. The molecule has 0 aliphatic carbocycles. The van der Waals surface area contributed by atoms with Crippen molar-refractivity contribution in [1.82, 2.24) is 4.72 Å². The van der Waals surface area contributed by atoms with E-state index in [-0.39, 0.29) is 12.5 Å². The van der Waals surface area contributed by atoms with E-state index < -0.39 is 16.2 Å². The number of methoxy groups -OCH3 is 1. The third-order valence-electron chi connectivity index (χ3n) is 2.35. The number of carbonyl (C=O) groups is 1. The summed E-state index contributed by atoms with van der Waals surface area (Å²) < 4.78 is 38.0. The van der Waals surface area contributed by atoms with E-state index in [1.165, 1.54) is 13.2 Å². The van der Waals surface area contributed by atoms with E-state index in [9.17, 15) is 13.2 Å². The van der Waals surface area contributed by atoms with Crippen molar-refractivity contribution in [3.63, 3.8) is 0 Å². The third kappa shape index (κ3) is 6.96. The molecule has 8 heteroatoms. The molecular formula is C13H20N2O5S. The summed E-state index contributed by atoms with van der Waals surface area (Å²) >= 11 is 0.